The van der Waals surface area contributed by atoms with E-state index < -0.39 is 24.7 Å². The molecule has 2 unspecified atom stereocenters. The van der Waals surface area contributed by atoms with Crippen LogP contribution in [-0.2, 0) is 14.2 Å². The minimum absolute atomic E-state index is 0.0350. The number of rotatable bonds is 13. The zero-order chi connectivity index (χ0) is 42.4. The van der Waals surface area contributed by atoms with Crippen LogP contribution in [0.1, 0.15) is 56.1 Å². The first-order chi connectivity index (χ1) is 28.8. The van der Waals surface area contributed by atoms with Crippen molar-refractivity contribution in [1.29, 1.82) is 0 Å². The van der Waals surface area contributed by atoms with Crippen LogP contribution in [0.4, 0.5) is 16.2 Å². The molecule has 0 bridgehead atoms. The van der Waals surface area contributed by atoms with Crippen molar-refractivity contribution in [1.82, 2.24) is 10.3 Å². The molecule has 8 rings (SSSR count). The van der Waals surface area contributed by atoms with Gasteiger partial charge < -0.3 is 24.4 Å². The molecule has 5 aromatic rings. The molecular weight excluding hydrogens is 867 g/mol. The topological polar surface area (TPSA) is 159 Å². The maximum absolute atomic E-state index is 15.0. The van der Waals surface area contributed by atoms with Crippen molar-refractivity contribution in [2.75, 3.05) is 46.9 Å². The Bertz CT molecular complexity index is 2540. The van der Waals surface area contributed by atoms with E-state index in [-0.39, 0.29) is 60.5 Å². The highest BCUT2D eigenvalue weighted by Gasteiger charge is 2.62. The molecule has 12 nitrogen and oxygen atoms in total. The van der Waals surface area contributed by atoms with E-state index in [1.54, 1.807) is 45.0 Å². The number of pyridine rings is 1. The second-order valence-corrected chi connectivity index (χ2v) is 20.0. The summed E-state index contributed by atoms with van der Waals surface area (Å²) in [5, 5.41) is 6.48. The average molecular weight is 910 g/mol. The number of halogens is 2. The summed E-state index contributed by atoms with van der Waals surface area (Å²) >= 11 is 13.1. The molecule has 17 heteroatoms. The maximum Gasteiger partial charge on any atom is 0.524 e. The molecule has 0 radical (unpaired) electrons. The Morgan fingerprint density at radius 1 is 0.850 bits per heavy atom. The smallest absolute Gasteiger partial charge is 0.410 e. The van der Waals surface area contributed by atoms with Crippen LogP contribution in [0.2, 0.25) is 0 Å². The number of ether oxygens (including phenoxy) is 1. The normalized spacial score (nSPS) is 22.0. The summed E-state index contributed by atoms with van der Waals surface area (Å²) in [5.41, 5.74) is 1.04. The third-order valence-corrected chi connectivity index (χ3v) is 15.3. The van der Waals surface area contributed by atoms with Crippen LogP contribution in [0.15, 0.2) is 90.1 Å². The van der Waals surface area contributed by atoms with Crippen LogP contribution in [0.3, 0.4) is 0 Å². The molecule has 0 saturated heterocycles. The number of amides is 3. The SMILES string of the molecule is CCC1(C(=O)N2CC(CCl)c3c2cc(OC(=O)NCCSSc2ccccn2)c2ccccc32)CC(C)(C(=O)N2CC(CCl)c3c2cc(OP(=O)(O)O)c2ccccc32)C1. The van der Waals surface area contributed by atoms with Crippen LogP contribution < -0.4 is 24.4 Å². The van der Waals surface area contributed by atoms with Gasteiger partial charge in [-0.25, -0.2) is 14.3 Å². The number of alkyl halides is 2. The van der Waals surface area contributed by atoms with E-state index in [2.05, 4.69) is 10.3 Å². The van der Waals surface area contributed by atoms with Crippen molar-refractivity contribution >= 4 is 103 Å². The summed E-state index contributed by atoms with van der Waals surface area (Å²) in [4.78, 5) is 70.0. The molecule has 60 heavy (non-hydrogen) atoms. The molecule has 1 fully saturated rings. The molecule has 2 atom stereocenters. The highest BCUT2D eigenvalue weighted by atomic mass is 35.5. The lowest BCUT2D eigenvalue weighted by Crippen LogP contribution is -2.60. The van der Waals surface area contributed by atoms with E-state index in [9.17, 15) is 28.7 Å². The predicted octanol–water partition coefficient (Wildman–Crippen LogP) is 9.62. The van der Waals surface area contributed by atoms with E-state index in [1.807, 2.05) is 68.4 Å². The molecule has 3 amide bonds. The van der Waals surface area contributed by atoms with Gasteiger partial charge in [0.2, 0.25) is 11.8 Å². The van der Waals surface area contributed by atoms with Crippen molar-refractivity contribution in [3.8, 4) is 11.5 Å². The summed E-state index contributed by atoms with van der Waals surface area (Å²) in [5.74, 6) is 0.656. The van der Waals surface area contributed by atoms with E-state index in [4.69, 9.17) is 32.5 Å². The number of carbonyl (C=O) groups excluding carboxylic acids is 3. The standard InChI is InChI=1S/C43H43Cl2N4O8PS2/c1-3-43(24-42(2,25-43)39(50)48-22-26(20-44)38-31-13-7-5-11-29(31)35(19-33(38)48)57-58(53,54)55)40(51)49-23-27(21-45)37-30-12-6-4-10-28(30)34(18-32(37)49)56-41(52)47-16-17-59-60-36-14-8-9-15-46-36/h4-15,18-19,26-27H,3,16-17,20-25H2,1-2H3,(H,47,52)(H2,53,54,55). The van der Waals surface area contributed by atoms with E-state index >= 15 is 0 Å². The van der Waals surface area contributed by atoms with Gasteiger partial charge in [-0.05, 0) is 64.1 Å². The van der Waals surface area contributed by atoms with Gasteiger partial charge in [0.1, 0.15) is 16.5 Å². The molecule has 3 N–H and O–H groups in total. The van der Waals surface area contributed by atoms with Gasteiger partial charge in [-0.3, -0.25) is 19.4 Å². The maximum atomic E-state index is 15.0. The number of benzene rings is 4. The van der Waals surface area contributed by atoms with Crippen LogP contribution in [0.25, 0.3) is 21.5 Å². The molecule has 3 heterocycles. The Hall–Kier alpha value is -4.01. The summed E-state index contributed by atoms with van der Waals surface area (Å²) < 4.78 is 23.1. The van der Waals surface area contributed by atoms with Crippen LogP contribution in [-0.4, -0.2) is 69.8 Å². The number of nitrogens with one attached hydrogen (secondary N) is 1. The molecule has 4 aromatic carbocycles. The summed E-state index contributed by atoms with van der Waals surface area (Å²) in [6.45, 7) is 4.80. The highest BCUT2D eigenvalue weighted by molar-refractivity contribution is 8.76. The fourth-order valence-corrected chi connectivity index (χ4v) is 12.0. The Morgan fingerprint density at radius 3 is 1.95 bits per heavy atom. The molecular formula is C43H43Cl2N4O8PS2. The van der Waals surface area contributed by atoms with Gasteiger partial charge in [-0.15, -0.1) is 23.2 Å². The Labute approximate surface area is 365 Å². The summed E-state index contributed by atoms with van der Waals surface area (Å²) in [6.07, 6.45) is 2.16. The summed E-state index contributed by atoms with van der Waals surface area (Å²) in [6, 6.07) is 23.7. The Kier molecular flexibility index (Phi) is 12.1. The number of carbonyl (C=O) groups is 3. The van der Waals surface area contributed by atoms with Gasteiger partial charge in [0.25, 0.3) is 0 Å². The molecule has 1 aliphatic carbocycles. The van der Waals surface area contributed by atoms with Crippen LogP contribution >= 0.6 is 52.6 Å². The van der Waals surface area contributed by atoms with Crippen molar-refractivity contribution in [3.05, 3.63) is 96.2 Å². The number of fused-ring (bicyclic) bond motifs is 6. The third kappa shape index (κ3) is 7.96. The lowest BCUT2D eigenvalue weighted by molar-refractivity contribution is -0.153. The fraction of sp³-hybridized carbons (Fsp3) is 0.349. The van der Waals surface area contributed by atoms with Gasteiger partial charge in [0, 0.05) is 83.5 Å². The molecule has 0 spiro atoms. The number of anilines is 2. The lowest BCUT2D eigenvalue weighted by Gasteiger charge is -2.54. The zero-order valence-electron chi connectivity index (χ0n) is 32.8. The number of phosphoric acid groups is 1. The second kappa shape index (κ2) is 17.0. The number of phosphoric ester groups is 1. The minimum atomic E-state index is -4.93. The largest absolute Gasteiger partial charge is 0.524 e. The first-order valence-corrected chi connectivity index (χ1v) is 24.5. The van der Waals surface area contributed by atoms with Crippen molar-refractivity contribution in [2.45, 2.75) is 50.0 Å². The van der Waals surface area contributed by atoms with Gasteiger partial charge in [-0.2, -0.15) is 0 Å². The van der Waals surface area contributed by atoms with Crippen molar-refractivity contribution in [3.63, 3.8) is 0 Å². The summed E-state index contributed by atoms with van der Waals surface area (Å²) in [7, 11) is -1.84. The molecule has 2 aliphatic heterocycles. The van der Waals surface area contributed by atoms with Gasteiger partial charge >= 0.3 is 13.9 Å². The Balaban J connectivity index is 1.03. The third-order valence-electron chi connectivity index (χ3n) is 11.9. The lowest BCUT2D eigenvalue weighted by atomic mass is 9.51. The molecule has 3 aliphatic rings. The first kappa shape index (κ1) is 42.7. The number of nitrogens with zero attached hydrogens (tertiary/aromatic N) is 3. The van der Waals surface area contributed by atoms with Gasteiger partial charge in [0.05, 0.1) is 16.8 Å². The number of hydrogen-bond donors (Lipinski definition) is 3. The van der Waals surface area contributed by atoms with Crippen molar-refractivity contribution < 1.29 is 38.0 Å². The van der Waals surface area contributed by atoms with E-state index in [0.29, 0.717) is 53.2 Å². The highest BCUT2D eigenvalue weighted by Crippen LogP contribution is 2.61. The van der Waals surface area contributed by atoms with E-state index in [1.165, 1.54) is 16.9 Å². The monoisotopic (exact) mass is 908 g/mol. The predicted molar refractivity (Wildman–Crippen MR) is 239 cm³/mol. The second-order valence-electron chi connectivity index (χ2n) is 15.8. The number of hydrogen-bond acceptors (Lipinski definition) is 9. The number of aromatic nitrogens is 1. The van der Waals surface area contributed by atoms with Crippen LogP contribution in [0, 0.1) is 10.8 Å². The van der Waals surface area contributed by atoms with Gasteiger partial charge in [0.15, 0.2) is 0 Å². The minimum Gasteiger partial charge on any atom is -0.410 e. The van der Waals surface area contributed by atoms with Crippen LogP contribution in [0.5, 0.6) is 11.5 Å². The van der Waals surface area contributed by atoms with E-state index in [0.717, 1.165) is 26.9 Å². The molecule has 1 saturated carbocycles. The van der Waals surface area contributed by atoms with Crippen molar-refractivity contribution in [2.24, 2.45) is 10.8 Å². The average Bonchev–Trinajstić information content (AvgIpc) is 3.80. The van der Waals surface area contributed by atoms with Gasteiger partial charge in [-0.1, -0.05) is 79.2 Å². The molecule has 314 valence electrons. The quantitative estimate of drug-likeness (QED) is 0.0447. The zero-order valence-corrected chi connectivity index (χ0v) is 36.8. The first-order valence-electron chi connectivity index (χ1n) is 19.6. The fourth-order valence-electron chi connectivity index (χ4n) is 9.34. The Morgan fingerprint density at radius 2 is 1.40 bits per heavy atom. The molecule has 1 aromatic heterocycles.